The normalized spacial score (nSPS) is 34.6. The summed E-state index contributed by atoms with van der Waals surface area (Å²) in [6.45, 7) is 1.47. The lowest BCUT2D eigenvalue weighted by atomic mass is 9.49. The van der Waals surface area contributed by atoms with Crippen LogP contribution in [0.15, 0.2) is 23.1 Å². The Labute approximate surface area is 182 Å². The van der Waals surface area contributed by atoms with Crippen LogP contribution >= 0.6 is 23.2 Å². The molecule has 5 nitrogen and oxygen atoms in total. The Kier molecular flexibility index (Phi) is 4.93. The molecule has 1 heterocycles. The third-order valence-electron chi connectivity index (χ3n) is 7.53. The molecule has 1 aliphatic heterocycles. The van der Waals surface area contributed by atoms with Crippen LogP contribution in [0.5, 0.6) is 0 Å². The van der Waals surface area contributed by atoms with E-state index in [1.54, 1.807) is 6.07 Å². The van der Waals surface area contributed by atoms with E-state index in [0.717, 1.165) is 37.0 Å². The quantitative estimate of drug-likeness (QED) is 0.689. The van der Waals surface area contributed by atoms with Crippen molar-refractivity contribution in [2.75, 3.05) is 26.2 Å². The highest BCUT2D eigenvalue weighted by Gasteiger charge is 2.55. The maximum atomic E-state index is 13.5. The van der Waals surface area contributed by atoms with Crippen LogP contribution < -0.4 is 0 Å². The molecule has 0 atom stereocenters. The van der Waals surface area contributed by atoms with Gasteiger partial charge in [0, 0.05) is 31.2 Å². The Bertz CT molecular complexity index is 906. The molecule has 4 bridgehead atoms. The van der Waals surface area contributed by atoms with Gasteiger partial charge in [0.2, 0.25) is 15.9 Å². The molecule has 0 aromatic heterocycles. The zero-order valence-corrected chi connectivity index (χ0v) is 18.6. The minimum absolute atomic E-state index is 0.0347. The molecule has 0 unspecified atom stereocenters. The Morgan fingerprint density at radius 3 is 2.03 bits per heavy atom. The fraction of sp³-hybridized carbons (Fsp3) is 0.667. The van der Waals surface area contributed by atoms with Gasteiger partial charge in [-0.1, -0.05) is 23.2 Å². The van der Waals surface area contributed by atoms with Gasteiger partial charge in [-0.05, 0) is 74.5 Å². The Morgan fingerprint density at radius 2 is 1.48 bits per heavy atom. The number of carbonyl (C=O) groups is 1. The van der Waals surface area contributed by atoms with Crippen molar-refractivity contribution in [2.45, 2.75) is 43.4 Å². The van der Waals surface area contributed by atoms with Gasteiger partial charge in [-0.25, -0.2) is 8.42 Å². The van der Waals surface area contributed by atoms with Crippen molar-refractivity contribution in [3.05, 3.63) is 28.2 Å². The summed E-state index contributed by atoms with van der Waals surface area (Å²) in [7, 11) is -3.73. The van der Waals surface area contributed by atoms with E-state index in [1.165, 1.54) is 35.7 Å². The monoisotopic (exact) mass is 456 g/mol. The Balaban J connectivity index is 1.29. The van der Waals surface area contributed by atoms with Gasteiger partial charge in [0.15, 0.2) is 0 Å². The molecular weight excluding hydrogens is 431 g/mol. The molecule has 0 spiro atoms. The smallest absolute Gasteiger partial charge is 0.244 e. The van der Waals surface area contributed by atoms with E-state index in [9.17, 15) is 13.2 Å². The average Bonchev–Trinajstić information content (AvgIpc) is 2.68. The largest absolute Gasteiger partial charge is 0.340 e. The minimum atomic E-state index is -3.73. The molecule has 5 fully saturated rings. The topological polar surface area (TPSA) is 57.7 Å². The molecular formula is C21H26Cl2N2O3S. The third-order valence-corrected chi connectivity index (χ3v) is 10.1. The lowest BCUT2D eigenvalue weighted by molar-refractivity contribution is -0.158. The van der Waals surface area contributed by atoms with Crippen LogP contribution in [-0.2, 0) is 14.8 Å². The van der Waals surface area contributed by atoms with Crippen LogP contribution in [0.3, 0.4) is 0 Å². The summed E-state index contributed by atoms with van der Waals surface area (Å²) in [6.07, 6.45) is 7.02. The van der Waals surface area contributed by atoms with Crippen molar-refractivity contribution in [3.63, 3.8) is 0 Å². The van der Waals surface area contributed by atoms with E-state index in [0.29, 0.717) is 31.2 Å². The number of sulfonamides is 1. The number of amides is 1. The zero-order chi connectivity index (χ0) is 20.4. The molecule has 1 amide bonds. The molecule has 4 aliphatic carbocycles. The number of halogens is 2. The first kappa shape index (κ1) is 20.1. The molecule has 4 saturated carbocycles. The highest BCUT2D eigenvalue weighted by atomic mass is 35.5. The molecule has 1 aromatic rings. The van der Waals surface area contributed by atoms with Crippen molar-refractivity contribution in [1.29, 1.82) is 0 Å². The fourth-order valence-electron chi connectivity index (χ4n) is 6.65. The maximum absolute atomic E-state index is 13.5. The van der Waals surface area contributed by atoms with E-state index in [1.807, 2.05) is 4.90 Å². The van der Waals surface area contributed by atoms with Crippen LogP contribution in [0.1, 0.15) is 38.5 Å². The molecule has 158 valence electrons. The standard InChI is InChI=1S/C21H26Cl2N2O3S/c22-17-1-2-18(23)19(10-17)29(27,28)25-5-3-24(4-6-25)20(26)21-11-14-7-15(12-21)9-16(8-14)13-21/h1-2,10,14-16H,3-9,11-13H2. The van der Waals surface area contributed by atoms with Crippen molar-refractivity contribution >= 4 is 39.1 Å². The number of hydrogen-bond donors (Lipinski definition) is 0. The summed E-state index contributed by atoms with van der Waals surface area (Å²) in [5.41, 5.74) is -0.175. The van der Waals surface area contributed by atoms with Gasteiger partial charge in [0.05, 0.1) is 10.4 Å². The number of nitrogens with zero attached hydrogens (tertiary/aromatic N) is 2. The summed E-state index contributed by atoms with van der Waals surface area (Å²) in [6, 6.07) is 4.47. The third kappa shape index (κ3) is 3.40. The number of rotatable bonds is 3. The van der Waals surface area contributed by atoms with Crippen LogP contribution in [0.2, 0.25) is 10.0 Å². The van der Waals surface area contributed by atoms with Gasteiger partial charge in [0.1, 0.15) is 4.90 Å². The highest BCUT2D eigenvalue weighted by molar-refractivity contribution is 7.89. The van der Waals surface area contributed by atoms with Gasteiger partial charge in [0.25, 0.3) is 0 Å². The first-order chi connectivity index (χ1) is 13.8. The highest BCUT2D eigenvalue weighted by Crippen LogP contribution is 2.60. The number of piperazine rings is 1. The lowest BCUT2D eigenvalue weighted by Gasteiger charge is -2.57. The molecule has 0 N–H and O–H groups in total. The summed E-state index contributed by atoms with van der Waals surface area (Å²) < 4.78 is 27.5. The molecule has 5 aliphatic rings. The SMILES string of the molecule is O=C(N1CCN(S(=O)(=O)c2cc(Cl)ccc2Cl)CC1)C12CC3CC(CC(C3)C1)C2. The van der Waals surface area contributed by atoms with Crippen molar-refractivity contribution in [1.82, 2.24) is 9.21 Å². The average molecular weight is 457 g/mol. The summed E-state index contributed by atoms with van der Waals surface area (Å²) in [5, 5.41) is 0.505. The second-order valence-electron chi connectivity index (χ2n) is 9.47. The van der Waals surface area contributed by atoms with Crippen molar-refractivity contribution in [2.24, 2.45) is 23.2 Å². The lowest BCUT2D eigenvalue weighted by Crippen LogP contribution is -2.58. The predicted octanol–water partition coefficient (Wildman–Crippen LogP) is 4.04. The summed E-state index contributed by atoms with van der Waals surface area (Å²) >= 11 is 12.1. The van der Waals surface area contributed by atoms with Crippen LogP contribution in [0, 0.1) is 23.2 Å². The van der Waals surface area contributed by atoms with Gasteiger partial charge < -0.3 is 4.90 Å². The molecule has 29 heavy (non-hydrogen) atoms. The maximum Gasteiger partial charge on any atom is 0.244 e. The Morgan fingerprint density at radius 1 is 0.931 bits per heavy atom. The van der Waals surface area contributed by atoms with Crippen LogP contribution in [0.25, 0.3) is 0 Å². The molecule has 0 radical (unpaired) electrons. The first-order valence-electron chi connectivity index (χ1n) is 10.5. The van der Waals surface area contributed by atoms with Crippen molar-refractivity contribution < 1.29 is 13.2 Å². The predicted molar refractivity (Wildman–Crippen MR) is 112 cm³/mol. The van der Waals surface area contributed by atoms with Crippen LogP contribution in [0.4, 0.5) is 0 Å². The number of benzene rings is 1. The van der Waals surface area contributed by atoms with Crippen molar-refractivity contribution in [3.8, 4) is 0 Å². The van der Waals surface area contributed by atoms with E-state index < -0.39 is 10.0 Å². The van der Waals surface area contributed by atoms with E-state index >= 15 is 0 Å². The molecule has 1 aromatic carbocycles. The second-order valence-corrected chi connectivity index (χ2v) is 12.2. The summed E-state index contributed by atoms with van der Waals surface area (Å²) in [5.74, 6) is 2.43. The molecule has 8 heteroatoms. The van der Waals surface area contributed by atoms with E-state index in [4.69, 9.17) is 23.2 Å². The van der Waals surface area contributed by atoms with Gasteiger partial charge >= 0.3 is 0 Å². The zero-order valence-electron chi connectivity index (χ0n) is 16.3. The summed E-state index contributed by atoms with van der Waals surface area (Å²) in [4.78, 5) is 15.4. The Hall–Kier alpha value is -0.820. The fourth-order valence-corrected chi connectivity index (χ4v) is 8.81. The minimum Gasteiger partial charge on any atom is -0.340 e. The van der Waals surface area contributed by atoms with Gasteiger partial charge in [-0.2, -0.15) is 4.31 Å². The van der Waals surface area contributed by atoms with Gasteiger partial charge in [-0.15, -0.1) is 0 Å². The first-order valence-corrected chi connectivity index (χ1v) is 12.7. The molecule has 6 rings (SSSR count). The number of hydrogen-bond acceptors (Lipinski definition) is 3. The molecule has 1 saturated heterocycles. The van der Waals surface area contributed by atoms with Crippen LogP contribution in [-0.4, -0.2) is 49.7 Å². The van der Waals surface area contributed by atoms with E-state index in [-0.39, 0.29) is 21.2 Å². The van der Waals surface area contributed by atoms with E-state index in [2.05, 4.69) is 0 Å². The number of carbonyl (C=O) groups excluding carboxylic acids is 1. The van der Waals surface area contributed by atoms with Gasteiger partial charge in [-0.3, -0.25) is 4.79 Å². The second kappa shape index (κ2) is 7.11.